The van der Waals surface area contributed by atoms with Crippen molar-refractivity contribution < 1.29 is 22.8 Å². The normalized spacial score (nSPS) is 21.1. The van der Waals surface area contributed by atoms with Crippen molar-refractivity contribution in [1.29, 1.82) is 0 Å². The van der Waals surface area contributed by atoms with Crippen LogP contribution in [-0.4, -0.2) is 59.5 Å². The fraction of sp³-hybridized carbons (Fsp3) is 0.464. The Morgan fingerprint density at radius 2 is 1.83 bits per heavy atom. The number of rotatable bonds is 6. The zero-order chi connectivity index (χ0) is 30.4. The van der Waals surface area contributed by atoms with Gasteiger partial charge in [0.25, 0.3) is 5.91 Å². The summed E-state index contributed by atoms with van der Waals surface area (Å²) in [7, 11) is -2.42. The quantitative estimate of drug-likeness (QED) is 0.329. The molecule has 1 aromatic carbocycles. The topological polar surface area (TPSA) is 164 Å². The van der Waals surface area contributed by atoms with E-state index in [0.29, 0.717) is 30.0 Å². The summed E-state index contributed by atoms with van der Waals surface area (Å²) >= 11 is 1.22. The van der Waals surface area contributed by atoms with Gasteiger partial charge in [0, 0.05) is 25.4 Å². The minimum atomic E-state index is -4.06. The summed E-state index contributed by atoms with van der Waals surface area (Å²) in [6, 6.07) is 6.96. The molecule has 2 aromatic heterocycles. The molecule has 0 aliphatic carbocycles. The number of hydrogen-bond donors (Lipinski definition) is 4. The molecular formula is C28H37N7O5S2. The first kappa shape index (κ1) is 31.3. The van der Waals surface area contributed by atoms with Gasteiger partial charge in [-0.15, -0.1) is 11.3 Å². The maximum Gasteiger partial charge on any atom is 0.271 e. The van der Waals surface area contributed by atoms with E-state index >= 15 is 0 Å². The van der Waals surface area contributed by atoms with E-state index in [0.717, 1.165) is 5.56 Å². The summed E-state index contributed by atoms with van der Waals surface area (Å²) in [6.07, 6.45) is 2.72. The number of thiazole rings is 1. The third-order valence-corrected chi connectivity index (χ3v) is 9.70. The molecule has 3 heterocycles. The lowest BCUT2D eigenvalue weighted by Crippen LogP contribution is -2.49. The smallest absolute Gasteiger partial charge is 0.271 e. The highest BCUT2D eigenvalue weighted by molar-refractivity contribution is 7.89. The van der Waals surface area contributed by atoms with Gasteiger partial charge >= 0.3 is 0 Å². The van der Waals surface area contributed by atoms with Crippen LogP contribution in [-0.2, 0) is 33.1 Å². The van der Waals surface area contributed by atoms with E-state index in [1.807, 2.05) is 44.2 Å². The van der Waals surface area contributed by atoms with Gasteiger partial charge < -0.3 is 16.0 Å². The zero-order valence-corrected chi connectivity index (χ0v) is 25.7. The summed E-state index contributed by atoms with van der Waals surface area (Å²) in [5, 5.41) is 14.8. The summed E-state index contributed by atoms with van der Waals surface area (Å²) < 4.78 is 30.5. The van der Waals surface area contributed by atoms with Gasteiger partial charge in [-0.2, -0.15) is 9.82 Å². The molecule has 0 saturated carbocycles. The summed E-state index contributed by atoms with van der Waals surface area (Å²) in [4.78, 5) is 44.4. The first-order chi connectivity index (χ1) is 20.0. The number of hydrogen-bond acceptors (Lipinski definition) is 8. The van der Waals surface area contributed by atoms with E-state index in [4.69, 9.17) is 0 Å². The molecule has 0 spiro atoms. The highest BCUT2D eigenvalue weighted by atomic mass is 32.2. The second kappa shape index (κ2) is 13.6. The minimum absolute atomic E-state index is 0.00218. The molecule has 4 N–H and O–H groups in total. The Bertz CT molecular complexity index is 1520. The summed E-state index contributed by atoms with van der Waals surface area (Å²) in [6.45, 7) is 5.74. The number of carbonyl (C=O) groups excluding carboxylic acids is 3. The number of nitrogens with one attached hydrogen (secondary N) is 4. The number of fused-ring (bicyclic) bond motifs is 2. The molecule has 14 heteroatoms. The molecule has 1 aliphatic heterocycles. The molecule has 0 fully saturated rings. The lowest BCUT2D eigenvalue weighted by molar-refractivity contribution is -0.124. The summed E-state index contributed by atoms with van der Waals surface area (Å²) in [5.41, 5.74) is 1.47. The van der Waals surface area contributed by atoms with Crippen LogP contribution in [0.25, 0.3) is 0 Å². The first-order valence-electron chi connectivity index (χ1n) is 13.9. The second-order valence-corrected chi connectivity index (χ2v) is 13.3. The van der Waals surface area contributed by atoms with Crippen LogP contribution in [0.4, 0.5) is 0 Å². The van der Waals surface area contributed by atoms with Gasteiger partial charge in [0.05, 0.1) is 17.9 Å². The molecule has 0 unspecified atom stereocenters. The van der Waals surface area contributed by atoms with Gasteiger partial charge in [0.2, 0.25) is 21.8 Å². The molecule has 0 saturated heterocycles. The lowest BCUT2D eigenvalue weighted by atomic mass is 10.0. The van der Waals surface area contributed by atoms with Crippen LogP contribution < -0.4 is 20.7 Å². The Labute approximate surface area is 249 Å². The predicted molar refractivity (Wildman–Crippen MR) is 158 cm³/mol. The van der Waals surface area contributed by atoms with E-state index in [1.165, 1.54) is 22.2 Å². The molecular weight excluding hydrogens is 578 g/mol. The zero-order valence-electron chi connectivity index (χ0n) is 24.1. The lowest BCUT2D eigenvalue weighted by Gasteiger charge is -2.25. The third kappa shape index (κ3) is 7.61. The molecule has 3 amide bonds. The van der Waals surface area contributed by atoms with Crippen LogP contribution in [0.3, 0.4) is 0 Å². The monoisotopic (exact) mass is 615 g/mol. The number of sulfonamides is 1. The van der Waals surface area contributed by atoms with Crippen LogP contribution in [0.5, 0.6) is 0 Å². The fourth-order valence-corrected chi connectivity index (χ4v) is 7.09. The van der Waals surface area contributed by atoms with Crippen LogP contribution in [0.1, 0.15) is 65.9 Å². The van der Waals surface area contributed by atoms with E-state index in [9.17, 15) is 22.8 Å². The van der Waals surface area contributed by atoms with Gasteiger partial charge in [0.15, 0.2) is 0 Å². The number of aryl methyl sites for hydroxylation is 1. The number of benzene rings is 1. The van der Waals surface area contributed by atoms with Crippen LogP contribution >= 0.6 is 11.3 Å². The maximum atomic E-state index is 13.5. The Balaban J connectivity index is 1.61. The van der Waals surface area contributed by atoms with Crippen LogP contribution in [0.15, 0.2) is 46.8 Å². The van der Waals surface area contributed by atoms with Gasteiger partial charge in [0.1, 0.15) is 27.7 Å². The second-order valence-electron chi connectivity index (χ2n) is 10.7. The number of nitrogens with zero attached hydrogens (tertiary/aromatic N) is 3. The Morgan fingerprint density at radius 1 is 1.10 bits per heavy atom. The SMILES string of the molecule is Cc1c(S(=O)(=O)N[C@H]2CCCCNC(=O)[C@@H](Cc3ccccc3)NC(=O)c3csc(n3)[C@@H](C(C)C)NC2=O)cnn1C. The predicted octanol–water partition coefficient (Wildman–Crippen LogP) is 1.99. The van der Waals surface area contributed by atoms with Crippen LogP contribution in [0, 0.1) is 12.8 Å². The van der Waals surface area contributed by atoms with E-state index in [1.54, 1.807) is 19.4 Å². The first-order valence-corrected chi connectivity index (χ1v) is 16.2. The standard InChI is InChI=1S/C28H37N7O5S2/c1-17(2)24-28-32-22(16-41-28)27(38)31-21(14-19-10-6-5-7-11-19)25(36)29-13-9-8-12-20(26(37)33-24)34-42(39,40)23-15-30-35(4)18(23)3/h5-7,10-11,15-17,20-21,24,34H,8-9,12-14H2,1-4H3,(H,29,36)(H,31,38)(H,33,37)/t20-,21+,24+/m0/s1. The molecule has 42 heavy (non-hydrogen) atoms. The highest BCUT2D eigenvalue weighted by Gasteiger charge is 2.32. The Kier molecular flexibility index (Phi) is 10.1. The fourth-order valence-electron chi connectivity index (χ4n) is 4.64. The van der Waals surface area contributed by atoms with Gasteiger partial charge in [-0.05, 0) is 37.7 Å². The largest absolute Gasteiger partial charge is 0.354 e. The molecule has 3 atom stereocenters. The third-order valence-electron chi connectivity index (χ3n) is 7.20. The van der Waals surface area contributed by atoms with Gasteiger partial charge in [-0.25, -0.2) is 13.4 Å². The average Bonchev–Trinajstić information content (AvgIpc) is 3.57. The summed E-state index contributed by atoms with van der Waals surface area (Å²) in [5.74, 6) is -1.44. The molecule has 12 nitrogen and oxygen atoms in total. The molecule has 3 aromatic rings. The van der Waals surface area contributed by atoms with Crippen molar-refractivity contribution in [3.63, 3.8) is 0 Å². The molecule has 4 rings (SSSR count). The average molecular weight is 616 g/mol. The van der Waals surface area contributed by atoms with Crippen molar-refractivity contribution in [2.75, 3.05) is 6.54 Å². The molecule has 2 bridgehead atoms. The number of aromatic nitrogens is 3. The van der Waals surface area contributed by atoms with E-state index < -0.39 is 40.0 Å². The Morgan fingerprint density at radius 3 is 2.50 bits per heavy atom. The van der Waals surface area contributed by atoms with Gasteiger partial charge in [-0.1, -0.05) is 44.2 Å². The number of carbonyl (C=O) groups is 3. The van der Waals surface area contributed by atoms with Crippen molar-refractivity contribution in [3.8, 4) is 0 Å². The molecule has 0 radical (unpaired) electrons. The molecule has 1 aliphatic rings. The van der Waals surface area contributed by atoms with Crippen molar-refractivity contribution in [3.05, 3.63) is 63.9 Å². The highest BCUT2D eigenvalue weighted by Crippen LogP contribution is 2.26. The van der Waals surface area contributed by atoms with Crippen molar-refractivity contribution in [1.82, 2.24) is 35.4 Å². The van der Waals surface area contributed by atoms with Crippen molar-refractivity contribution >= 4 is 39.1 Å². The van der Waals surface area contributed by atoms with Crippen molar-refractivity contribution in [2.45, 2.75) is 69.5 Å². The number of amides is 3. The molecule has 226 valence electrons. The van der Waals surface area contributed by atoms with E-state index in [2.05, 4.69) is 30.8 Å². The van der Waals surface area contributed by atoms with Crippen molar-refractivity contribution in [2.24, 2.45) is 13.0 Å². The minimum Gasteiger partial charge on any atom is -0.354 e. The Hall–Kier alpha value is -3.62. The van der Waals surface area contributed by atoms with Crippen LogP contribution in [0.2, 0.25) is 0 Å². The van der Waals surface area contributed by atoms with E-state index in [-0.39, 0.29) is 35.4 Å². The van der Waals surface area contributed by atoms with Gasteiger partial charge in [-0.3, -0.25) is 19.1 Å². The maximum absolute atomic E-state index is 13.5.